The van der Waals surface area contributed by atoms with Crippen molar-refractivity contribution in [2.24, 2.45) is 0 Å². The Labute approximate surface area is 246 Å². The lowest BCUT2D eigenvalue weighted by atomic mass is 9.95. The number of hydrogen-bond acceptors (Lipinski definition) is 8. The van der Waals surface area contributed by atoms with Crippen LogP contribution in [0.4, 0.5) is 10.7 Å². The van der Waals surface area contributed by atoms with Gasteiger partial charge in [-0.15, -0.1) is 22.7 Å². The summed E-state index contributed by atoms with van der Waals surface area (Å²) >= 11 is 2.71. The number of carbonyl (C=O) groups is 2. The number of aryl methyl sites for hydroxylation is 1. The number of rotatable bonds is 7. The van der Waals surface area contributed by atoms with E-state index in [4.69, 9.17) is 20.2 Å². The standard InChI is InChI=1S/C32H29N3O4S2/c1-3-39-32(37)26-21-11-7-8-12-24(21)40-31(26)35-29(36)28-27(33)25-22(18-13-15-20(38-2)16-14-18)17-23(34-30(25)41-28)19-9-5-4-6-10-19/h4-6,9-10,13-17H,3,7-8,11-12,33H2,1-2H3,(H,35,36). The van der Waals surface area contributed by atoms with Gasteiger partial charge in [-0.05, 0) is 67.5 Å². The summed E-state index contributed by atoms with van der Waals surface area (Å²) in [4.78, 5) is 33.8. The van der Waals surface area contributed by atoms with Crippen molar-refractivity contribution >= 4 is 55.5 Å². The molecule has 7 nitrogen and oxygen atoms in total. The van der Waals surface area contributed by atoms with Crippen molar-refractivity contribution in [1.82, 2.24) is 4.98 Å². The molecule has 2 aromatic carbocycles. The van der Waals surface area contributed by atoms with Gasteiger partial charge in [0.2, 0.25) is 0 Å². The minimum absolute atomic E-state index is 0.268. The number of nitrogen functional groups attached to an aromatic ring is 1. The Morgan fingerprint density at radius 2 is 1.76 bits per heavy atom. The topological polar surface area (TPSA) is 104 Å². The average molecular weight is 584 g/mol. The molecule has 0 fully saturated rings. The van der Waals surface area contributed by atoms with E-state index in [1.165, 1.54) is 22.7 Å². The number of carbonyl (C=O) groups excluding carboxylic acids is 2. The number of hydrogen-bond donors (Lipinski definition) is 2. The van der Waals surface area contributed by atoms with E-state index in [0.717, 1.165) is 69.6 Å². The maximum atomic E-state index is 13.8. The minimum atomic E-state index is -0.400. The molecular formula is C32H29N3O4S2. The van der Waals surface area contributed by atoms with Crippen molar-refractivity contribution in [2.45, 2.75) is 32.6 Å². The van der Waals surface area contributed by atoms with E-state index in [9.17, 15) is 9.59 Å². The second kappa shape index (κ2) is 11.3. The number of nitrogens with one attached hydrogen (secondary N) is 1. The van der Waals surface area contributed by atoms with Gasteiger partial charge >= 0.3 is 5.97 Å². The third-order valence-electron chi connectivity index (χ3n) is 7.25. The summed E-state index contributed by atoms with van der Waals surface area (Å²) in [5, 5.41) is 4.25. The number of methoxy groups -OCH3 is 1. The maximum absolute atomic E-state index is 13.8. The van der Waals surface area contributed by atoms with Gasteiger partial charge in [0.15, 0.2) is 0 Å². The van der Waals surface area contributed by atoms with Crippen molar-refractivity contribution < 1.29 is 19.1 Å². The van der Waals surface area contributed by atoms with E-state index in [1.807, 2.05) is 60.7 Å². The van der Waals surface area contributed by atoms with Gasteiger partial charge in [-0.3, -0.25) is 4.79 Å². The van der Waals surface area contributed by atoms with E-state index >= 15 is 0 Å². The lowest BCUT2D eigenvalue weighted by Gasteiger charge is -2.12. The van der Waals surface area contributed by atoms with Crippen LogP contribution in [0.2, 0.25) is 0 Å². The molecule has 3 heterocycles. The number of aromatic nitrogens is 1. The van der Waals surface area contributed by atoms with Gasteiger partial charge in [0.05, 0.1) is 30.7 Å². The highest BCUT2D eigenvalue weighted by Gasteiger charge is 2.29. The van der Waals surface area contributed by atoms with E-state index in [1.54, 1.807) is 14.0 Å². The third kappa shape index (κ3) is 5.07. The van der Waals surface area contributed by atoms with Crippen molar-refractivity contribution in [1.29, 1.82) is 0 Å². The smallest absolute Gasteiger partial charge is 0.341 e. The van der Waals surface area contributed by atoms with E-state index in [0.29, 0.717) is 26.0 Å². The summed E-state index contributed by atoms with van der Waals surface area (Å²) in [5.41, 5.74) is 12.1. The predicted octanol–water partition coefficient (Wildman–Crippen LogP) is 7.59. The fourth-order valence-electron chi connectivity index (χ4n) is 5.28. The highest BCUT2D eigenvalue weighted by molar-refractivity contribution is 7.21. The zero-order valence-electron chi connectivity index (χ0n) is 22.8. The molecule has 1 amide bonds. The van der Waals surface area contributed by atoms with Gasteiger partial charge in [0, 0.05) is 15.8 Å². The van der Waals surface area contributed by atoms with Crippen LogP contribution in [0.1, 0.15) is 50.2 Å². The van der Waals surface area contributed by atoms with Crippen molar-refractivity contribution in [3.8, 4) is 28.1 Å². The lowest BCUT2D eigenvalue weighted by molar-refractivity contribution is 0.0526. The Balaban J connectivity index is 1.45. The highest BCUT2D eigenvalue weighted by atomic mass is 32.1. The number of pyridine rings is 1. The molecule has 0 spiro atoms. The van der Waals surface area contributed by atoms with Gasteiger partial charge < -0.3 is 20.5 Å². The molecule has 6 rings (SSSR count). The number of fused-ring (bicyclic) bond motifs is 2. The molecule has 5 aromatic rings. The molecule has 9 heteroatoms. The first-order chi connectivity index (χ1) is 20.0. The average Bonchev–Trinajstić information content (AvgIpc) is 3.54. The van der Waals surface area contributed by atoms with Crippen LogP contribution in [0, 0.1) is 0 Å². The summed E-state index contributed by atoms with van der Waals surface area (Å²) in [6.07, 6.45) is 3.77. The van der Waals surface area contributed by atoms with Crippen molar-refractivity contribution in [2.75, 3.05) is 24.8 Å². The molecule has 3 aromatic heterocycles. The summed E-state index contributed by atoms with van der Waals surface area (Å²) in [7, 11) is 1.63. The second-order valence-corrected chi connectivity index (χ2v) is 11.9. The number of ether oxygens (including phenoxy) is 2. The van der Waals surface area contributed by atoms with E-state index in [2.05, 4.69) is 5.32 Å². The molecule has 0 radical (unpaired) electrons. The molecule has 0 bridgehead atoms. The molecule has 41 heavy (non-hydrogen) atoms. The van der Waals surface area contributed by atoms with Crippen LogP contribution in [0.3, 0.4) is 0 Å². The van der Waals surface area contributed by atoms with Crippen LogP contribution in [0.5, 0.6) is 5.75 Å². The molecule has 0 aliphatic heterocycles. The van der Waals surface area contributed by atoms with Crippen LogP contribution >= 0.6 is 22.7 Å². The Kier molecular flexibility index (Phi) is 7.47. The van der Waals surface area contributed by atoms with Gasteiger partial charge in [0.25, 0.3) is 5.91 Å². The first-order valence-corrected chi connectivity index (χ1v) is 15.2. The zero-order valence-corrected chi connectivity index (χ0v) is 24.4. The molecule has 1 aliphatic carbocycles. The van der Waals surface area contributed by atoms with Gasteiger partial charge in [-0.1, -0.05) is 42.5 Å². The van der Waals surface area contributed by atoms with Crippen molar-refractivity contribution in [3.63, 3.8) is 0 Å². The van der Waals surface area contributed by atoms with Gasteiger partial charge in [-0.2, -0.15) is 0 Å². The molecule has 3 N–H and O–H groups in total. The Morgan fingerprint density at radius 1 is 1.00 bits per heavy atom. The summed E-state index contributed by atoms with van der Waals surface area (Å²) in [6.45, 7) is 2.05. The fraction of sp³-hybridized carbons (Fsp3) is 0.219. The van der Waals surface area contributed by atoms with Crippen LogP contribution in [0.15, 0.2) is 60.7 Å². The van der Waals surface area contributed by atoms with E-state index in [-0.39, 0.29) is 12.5 Å². The minimum Gasteiger partial charge on any atom is -0.497 e. The molecular weight excluding hydrogens is 555 g/mol. The number of nitrogens with two attached hydrogens (primary N) is 1. The largest absolute Gasteiger partial charge is 0.497 e. The highest BCUT2D eigenvalue weighted by Crippen LogP contribution is 2.43. The number of thiophene rings is 2. The number of nitrogens with zero attached hydrogens (tertiary/aromatic N) is 1. The molecule has 0 unspecified atom stereocenters. The van der Waals surface area contributed by atoms with Crippen LogP contribution in [-0.2, 0) is 17.6 Å². The number of amides is 1. The van der Waals surface area contributed by atoms with Gasteiger partial charge in [0.1, 0.15) is 20.5 Å². The van der Waals surface area contributed by atoms with Crippen LogP contribution in [-0.4, -0.2) is 30.6 Å². The number of esters is 1. The molecule has 0 atom stereocenters. The molecule has 1 aliphatic rings. The summed E-state index contributed by atoms with van der Waals surface area (Å²) in [5.74, 6) is -0.0178. The Hall–Kier alpha value is -4.21. The Morgan fingerprint density at radius 3 is 2.49 bits per heavy atom. The predicted molar refractivity (Wildman–Crippen MR) is 166 cm³/mol. The number of anilines is 2. The SMILES string of the molecule is CCOC(=O)c1c(NC(=O)c2sc3nc(-c4ccccc4)cc(-c4ccc(OC)cc4)c3c2N)sc2c1CCCC2. The van der Waals surface area contributed by atoms with Crippen LogP contribution < -0.4 is 15.8 Å². The molecule has 0 saturated carbocycles. The van der Waals surface area contributed by atoms with Gasteiger partial charge in [-0.25, -0.2) is 9.78 Å². The maximum Gasteiger partial charge on any atom is 0.341 e. The summed E-state index contributed by atoms with van der Waals surface area (Å²) in [6, 6.07) is 19.7. The first-order valence-electron chi connectivity index (χ1n) is 13.5. The van der Waals surface area contributed by atoms with Crippen molar-refractivity contribution in [3.05, 3.63) is 81.5 Å². The third-order valence-corrected chi connectivity index (χ3v) is 9.56. The zero-order chi connectivity index (χ0) is 28.5. The quantitative estimate of drug-likeness (QED) is 0.191. The Bertz CT molecular complexity index is 1760. The lowest BCUT2D eigenvalue weighted by Crippen LogP contribution is -2.15. The van der Waals surface area contributed by atoms with E-state index < -0.39 is 5.97 Å². The fourth-order valence-corrected chi connectivity index (χ4v) is 7.57. The number of benzene rings is 2. The normalized spacial score (nSPS) is 12.6. The second-order valence-electron chi connectivity index (χ2n) is 9.76. The molecule has 0 saturated heterocycles. The monoisotopic (exact) mass is 583 g/mol. The summed E-state index contributed by atoms with van der Waals surface area (Å²) < 4.78 is 10.7. The van der Waals surface area contributed by atoms with Crippen LogP contribution in [0.25, 0.3) is 32.6 Å². The molecule has 208 valence electrons. The first kappa shape index (κ1) is 27.0.